The van der Waals surface area contributed by atoms with E-state index in [1.54, 1.807) is 0 Å². The molecule has 1 fully saturated rings. The fraction of sp³-hybridized carbons (Fsp3) is 1.00. The lowest BCUT2D eigenvalue weighted by Gasteiger charge is -2.17. The van der Waals surface area contributed by atoms with Gasteiger partial charge in [-0.3, -0.25) is 0 Å². The average Bonchev–Trinajstić information content (AvgIpc) is 2.80. The van der Waals surface area contributed by atoms with Crippen LogP contribution in [-0.4, -0.2) is 50.3 Å². The molecule has 1 aliphatic heterocycles. The Morgan fingerprint density at radius 3 is 2.88 bits per heavy atom. The van der Waals surface area contributed by atoms with E-state index in [4.69, 9.17) is 4.74 Å². The van der Waals surface area contributed by atoms with Crippen molar-refractivity contribution in [2.24, 2.45) is 0 Å². The molecule has 0 aliphatic carbocycles. The Hall–Kier alpha value is -0.120. The van der Waals surface area contributed by atoms with Crippen LogP contribution in [0.15, 0.2) is 0 Å². The molecule has 3 heteroatoms. The summed E-state index contributed by atoms with van der Waals surface area (Å²) in [5, 5.41) is 3.54. The SMILES string of the molecule is CCCNC(C)CCCCN1CCC(OC)C1. The van der Waals surface area contributed by atoms with Crippen LogP contribution >= 0.6 is 0 Å². The van der Waals surface area contributed by atoms with Crippen molar-refractivity contribution < 1.29 is 4.74 Å². The van der Waals surface area contributed by atoms with Crippen molar-refractivity contribution in [3.05, 3.63) is 0 Å². The quantitative estimate of drug-likeness (QED) is 0.628. The zero-order valence-corrected chi connectivity index (χ0v) is 11.9. The second-order valence-electron chi connectivity index (χ2n) is 5.30. The summed E-state index contributed by atoms with van der Waals surface area (Å²) in [5.41, 5.74) is 0. The number of unbranched alkanes of at least 4 members (excludes halogenated alkanes) is 1. The molecule has 2 atom stereocenters. The number of nitrogens with one attached hydrogen (secondary N) is 1. The summed E-state index contributed by atoms with van der Waals surface area (Å²) >= 11 is 0. The van der Waals surface area contributed by atoms with Crippen molar-refractivity contribution in [1.29, 1.82) is 0 Å². The topological polar surface area (TPSA) is 24.5 Å². The van der Waals surface area contributed by atoms with Gasteiger partial charge in [-0.1, -0.05) is 13.3 Å². The van der Waals surface area contributed by atoms with Gasteiger partial charge in [0.25, 0.3) is 0 Å². The molecule has 0 aromatic rings. The molecule has 2 unspecified atom stereocenters. The van der Waals surface area contributed by atoms with Gasteiger partial charge in [0.15, 0.2) is 0 Å². The first-order chi connectivity index (χ1) is 8.26. The summed E-state index contributed by atoms with van der Waals surface area (Å²) in [5.74, 6) is 0. The van der Waals surface area contributed by atoms with E-state index in [2.05, 4.69) is 24.1 Å². The van der Waals surface area contributed by atoms with Crippen molar-refractivity contribution >= 4 is 0 Å². The third kappa shape index (κ3) is 6.39. The summed E-state index contributed by atoms with van der Waals surface area (Å²) in [6.45, 7) is 9.29. The van der Waals surface area contributed by atoms with Gasteiger partial charge in [0.1, 0.15) is 0 Å². The predicted molar refractivity (Wildman–Crippen MR) is 73.5 cm³/mol. The number of hydrogen-bond acceptors (Lipinski definition) is 3. The molecule has 102 valence electrons. The molecule has 3 nitrogen and oxygen atoms in total. The van der Waals surface area contributed by atoms with Gasteiger partial charge in [-0.25, -0.2) is 0 Å². The van der Waals surface area contributed by atoms with Gasteiger partial charge in [-0.2, -0.15) is 0 Å². The lowest BCUT2D eigenvalue weighted by molar-refractivity contribution is 0.108. The van der Waals surface area contributed by atoms with Gasteiger partial charge < -0.3 is 15.0 Å². The predicted octanol–water partition coefficient (Wildman–Crippen LogP) is 2.27. The number of rotatable bonds is 9. The average molecular weight is 242 g/mol. The molecule has 0 aromatic carbocycles. The van der Waals surface area contributed by atoms with Crippen molar-refractivity contribution in [2.75, 3.05) is 33.3 Å². The second-order valence-corrected chi connectivity index (χ2v) is 5.30. The van der Waals surface area contributed by atoms with Gasteiger partial charge in [0.2, 0.25) is 0 Å². The van der Waals surface area contributed by atoms with Crippen LogP contribution in [0.4, 0.5) is 0 Å². The van der Waals surface area contributed by atoms with E-state index >= 15 is 0 Å². The highest BCUT2D eigenvalue weighted by molar-refractivity contribution is 4.75. The van der Waals surface area contributed by atoms with Crippen LogP contribution in [0.5, 0.6) is 0 Å². The standard InChI is InChI=1S/C14H30N2O/c1-4-9-15-13(2)7-5-6-10-16-11-8-14(12-16)17-3/h13-15H,4-12H2,1-3H3. The number of likely N-dealkylation sites (tertiary alicyclic amines) is 1. The molecule has 0 bridgehead atoms. The Bertz CT molecular complexity index is 187. The molecule has 1 heterocycles. The Balaban J connectivity index is 1.94. The molecule has 1 N–H and O–H groups in total. The molecule has 0 aromatic heterocycles. The summed E-state index contributed by atoms with van der Waals surface area (Å²) in [7, 11) is 1.83. The monoisotopic (exact) mass is 242 g/mol. The van der Waals surface area contributed by atoms with E-state index in [0.717, 1.165) is 13.1 Å². The Labute approximate surface area is 107 Å². The molecular formula is C14H30N2O. The molecule has 0 spiro atoms. The maximum absolute atomic E-state index is 5.38. The normalized spacial score (nSPS) is 23.1. The smallest absolute Gasteiger partial charge is 0.0710 e. The van der Waals surface area contributed by atoms with E-state index in [1.807, 2.05) is 7.11 Å². The van der Waals surface area contributed by atoms with Gasteiger partial charge >= 0.3 is 0 Å². The zero-order valence-electron chi connectivity index (χ0n) is 11.9. The maximum atomic E-state index is 5.38. The van der Waals surface area contributed by atoms with E-state index < -0.39 is 0 Å². The molecule has 0 amide bonds. The number of methoxy groups -OCH3 is 1. The van der Waals surface area contributed by atoms with E-state index in [0.29, 0.717) is 12.1 Å². The Morgan fingerprint density at radius 1 is 1.41 bits per heavy atom. The van der Waals surface area contributed by atoms with Crippen LogP contribution in [-0.2, 0) is 4.74 Å². The minimum atomic E-state index is 0.486. The highest BCUT2D eigenvalue weighted by Gasteiger charge is 2.20. The van der Waals surface area contributed by atoms with Crippen LogP contribution in [0.1, 0.15) is 46.0 Å². The molecule has 17 heavy (non-hydrogen) atoms. The highest BCUT2D eigenvalue weighted by Crippen LogP contribution is 2.13. The van der Waals surface area contributed by atoms with Crippen LogP contribution in [0.2, 0.25) is 0 Å². The largest absolute Gasteiger partial charge is 0.380 e. The minimum Gasteiger partial charge on any atom is -0.380 e. The van der Waals surface area contributed by atoms with Crippen LogP contribution in [0.25, 0.3) is 0 Å². The number of ether oxygens (including phenoxy) is 1. The van der Waals surface area contributed by atoms with Crippen molar-refractivity contribution in [3.8, 4) is 0 Å². The fourth-order valence-electron chi connectivity index (χ4n) is 2.47. The molecule has 0 radical (unpaired) electrons. The molecule has 1 aliphatic rings. The summed E-state index contributed by atoms with van der Waals surface area (Å²) in [6.07, 6.45) is 6.91. The first kappa shape index (κ1) is 14.9. The third-order valence-corrected chi connectivity index (χ3v) is 3.67. The lowest BCUT2D eigenvalue weighted by atomic mass is 10.1. The van der Waals surface area contributed by atoms with E-state index in [1.165, 1.54) is 45.2 Å². The van der Waals surface area contributed by atoms with E-state index in [9.17, 15) is 0 Å². The zero-order chi connectivity index (χ0) is 12.5. The second kappa shape index (κ2) is 8.90. The maximum Gasteiger partial charge on any atom is 0.0710 e. The molecular weight excluding hydrogens is 212 g/mol. The van der Waals surface area contributed by atoms with Crippen molar-refractivity contribution in [3.63, 3.8) is 0 Å². The molecule has 0 saturated carbocycles. The summed E-state index contributed by atoms with van der Waals surface area (Å²) in [6, 6.07) is 0.681. The lowest BCUT2D eigenvalue weighted by Crippen LogP contribution is -2.27. The van der Waals surface area contributed by atoms with Gasteiger partial charge in [-0.05, 0) is 45.7 Å². The molecule has 1 rings (SSSR count). The van der Waals surface area contributed by atoms with Gasteiger partial charge in [0, 0.05) is 26.2 Å². The highest BCUT2D eigenvalue weighted by atomic mass is 16.5. The number of hydrogen-bond donors (Lipinski definition) is 1. The van der Waals surface area contributed by atoms with Crippen LogP contribution in [0.3, 0.4) is 0 Å². The van der Waals surface area contributed by atoms with Gasteiger partial charge in [0.05, 0.1) is 6.10 Å². The Morgan fingerprint density at radius 2 is 2.24 bits per heavy atom. The fourth-order valence-corrected chi connectivity index (χ4v) is 2.47. The van der Waals surface area contributed by atoms with Crippen molar-refractivity contribution in [1.82, 2.24) is 10.2 Å². The van der Waals surface area contributed by atoms with Crippen LogP contribution < -0.4 is 5.32 Å². The summed E-state index contributed by atoms with van der Waals surface area (Å²) in [4.78, 5) is 2.54. The van der Waals surface area contributed by atoms with Crippen molar-refractivity contribution in [2.45, 2.75) is 58.1 Å². The Kier molecular flexibility index (Phi) is 7.82. The minimum absolute atomic E-state index is 0.486. The first-order valence-electron chi connectivity index (χ1n) is 7.24. The summed E-state index contributed by atoms with van der Waals surface area (Å²) < 4.78 is 5.38. The van der Waals surface area contributed by atoms with Gasteiger partial charge in [-0.15, -0.1) is 0 Å². The number of nitrogens with zero attached hydrogens (tertiary/aromatic N) is 1. The first-order valence-corrected chi connectivity index (χ1v) is 7.24. The van der Waals surface area contributed by atoms with E-state index in [-0.39, 0.29) is 0 Å². The third-order valence-electron chi connectivity index (χ3n) is 3.67. The molecule has 1 saturated heterocycles. The van der Waals surface area contributed by atoms with Crippen LogP contribution in [0, 0.1) is 0 Å².